The first kappa shape index (κ1) is 14.1. The summed E-state index contributed by atoms with van der Waals surface area (Å²) in [4.78, 5) is 19.6. The number of benzene rings is 1. The number of amides is 1. The summed E-state index contributed by atoms with van der Waals surface area (Å²) in [6.07, 6.45) is 2.24. The summed E-state index contributed by atoms with van der Waals surface area (Å²) in [5.74, 6) is 0.604. The average molecular weight is 351 g/mol. The number of ether oxygens (including phenoxy) is 1. The van der Waals surface area contributed by atoms with Crippen molar-refractivity contribution in [3.63, 3.8) is 0 Å². The summed E-state index contributed by atoms with van der Waals surface area (Å²) in [5, 5.41) is 6.09. The fourth-order valence-corrected chi connectivity index (χ4v) is 2.73. The first-order valence-electron chi connectivity index (χ1n) is 6.56. The first-order chi connectivity index (χ1) is 10.2. The number of carbonyl (C=O) groups excluding carboxylic acids is 1. The van der Waals surface area contributed by atoms with Gasteiger partial charge in [0, 0.05) is 24.7 Å². The Kier molecular flexibility index (Phi) is 3.94. The molecule has 0 aliphatic carbocycles. The number of imidazole rings is 1. The van der Waals surface area contributed by atoms with E-state index in [1.54, 1.807) is 19.5 Å². The number of aromatic amines is 1. The molecular formula is C14H15BrN4O2. The maximum Gasteiger partial charge on any atom is 0.241 e. The van der Waals surface area contributed by atoms with Crippen LogP contribution in [0.2, 0.25) is 0 Å². The van der Waals surface area contributed by atoms with Crippen LogP contribution in [0.4, 0.5) is 5.69 Å². The second-order valence-electron chi connectivity index (χ2n) is 4.80. The molecule has 0 bridgehead atoms. The monoisotopic (exact) mass is 350 g/mol. The molecule has 6 nitrogen and oxygen atoms in total. The number of fused-ring (bicyclic) bond motifs is 1. The number of halogens is 1. The quantitative estimate of drug-likeness (QED) is 0.789. The van der Waals surface area contributed by atoms with Crippen molar-refractivity contribution in [2.24, 2.45) is 0 Å². The zero-order valence-corrected chi connectivity index (χ0v) is 13.0. The Labute approximate surface area is 130 Å². The standard InChI is InChI=1S/C14H15BrN4O2/c1-21-13-4-8(2-3-9(13)15)19-14(20)11-5-10-12(6-16-11)18-7-17-10/h2-4,7,11,16H,5-6H2,1H3,(H,17,18)(H,19,20). The Bertz CT molecular complexity index is 671. The summed E-state index contributed by atoms with van der Waals surface area (Å²) in [5.41, 5.74) is 2.70. The number of anilines is 1. The molecule has 3 rings (SSSR count). The van der Waals surface area contributed by atoms with Crippen molar-refractivity contribution in [2.75, 3.05) is 12.4 Å². The van der Waals surface area contributed by atoms with Gasteiger partial charge in [0.2, 0.25) is 5.91 Å². The van der Waals surface area contributed by atoms with Crippen LogP contribution in [0, 0.1) is 0 Å². The van der Waals surface area contributed by atoms with E-state index >= 15 is 0 Å². The second kappa shape index (κ2) is 5.87. The molecular weight excluding hydrogens is 336 g/mol. The number of carbonyl (C=O) groups is 1. The predicted octanol–water partition coefficient (Wildman–Crippen LogP) is 1.83. The third-order valence-corrected chi connectivity index (χ3v) is 4.12. The van der Waals surface area contributed by atoms with Gasteiger partial charge in [0.25, 0.3) is 0 Å². The predicted molar refractivity (Wildman–Crippen MR) is 82.2 cm³/mol. The van der Waals surface area contributed by atoms with Crippen molar-refractivity contribution in [1.29, 1.82) is 0 Å². The smallest absolute Gasteiger partial charge is 0.241 e. The fourth-order valence-electron chi connectivity index (χ4n) is 2.32. The maximum absolute atomic E-state index is 12.3. The molecule has 0 fully saturated rings. The van der Waals surface area contributed by atoms with Gasteiger partial charge in [0.05, 0.1) is 35.3 Å². The number of methoxy groups -OCH3 is 1. The lowest BCUT2D eigenvalue weighted by Crippen LogP contribution is -2.44. The maximum atomic E-state index is 12.3. The Balaban J connectivity index is 1.70. The number of nitrogens with one attached hydrogen (secondary N) is 3. The molecule has 21 heavy (non-hydrogen) atoms. The molecule has 1 aliphatic heterocycles. The molecule has 2 aromatic rings. The van der Waals surface area contributed by atoms with Gasteiger partial charge in [-0.15, -0.1) is 0 Å². The van der Waals surface area contributed by atoms with Gasteiger partial charge in [-0.2, -0.15) is 0 Å². The van der Waals surface area contributed by atoms with Crippen molar-refractivity contribution >= 4 is 27.5 Å². The van der Waals surface area contributed by atoms with Crippen molar-refractivity contribution in [3.8, 4) is 5.75 Å². The molecule has 110 valence electrons. The topological polar surface area (TPSA) is 79.0 Å². The molecule has 0 spiro atoms. The zero-order chi connectivity index (χ0) is 14.8. The molecule has 2 heterocycles. The minimum Gasteiger partial charge on any atom is -0.495 e. The molecule has 3 N–H and O–H groups in total. The first-order valence-corrected chi connectivity index (χ1v) is 7.35. The SMILES string of the molecule is COc1cc(NC(=O)C2Cc3nc[nH]c3CN2)ccc1Br. The average Bonchev–Trinajstić information content (AvgIpc) is 2.96. The lowest BCUT2D eigenvalue weighted by Gasteiger charge is -2.22. The van der Waals surface area contributed by atoms with Gasteiger partial charge < -0.3 is 15.0 Å². The molecule has 1 aromatic carbocycles. The summed E-state index contributed by atoms with van der Waals surface area (Å²) in [7, 11) is 1.59. The Morgan fingerprint density at radius 1 is 1.52 bits per heavy atom. The van der Waals surface area contributed by atoms with E-state index in [9.17, 15) is 4.79 Å². The Morgan fingerprint density at radius 2 is 2.38 bits per heavy atom. The highest BCUT2D eigenvalue weighted by molar-refractivity contribution is 9.10. The second-order valence-corrected chi connectivity index (χ2v) is 5.66. The van der Waals surface area contributed by atoms with Gasteiger partial charge in [0.1, 0.15) is 5.75 Å². The van der Waals surface area contributed by atoms with E-state index < -0.39 is 0 Å². The number of aromatic nitrogens is 2. The van der Waals surface area contributed by atoms with Crippen molar-refractivity contribution < 1.29 is 9.53 Å². The number of hydrogen-bond donors (Lipinski definition) is 3. The lowest BCUT2D eigenvalue weighted by atomic mass is 10.0. The molecule has 7 heteroatoms. The minimum atomic E-state index is -0.282. The van der Waals surface area contributed by atoms with E-state index in [4.69, 9.17) is 4.74 Å². The summed E-state index contributed by atoms with van der Waals surface area (Å²) in [6.45, 7) is 0.622. The van der Waals surface area contributed by atoms with Gasteiger partial charge in [-0.1, -0.05) is 0 Å². The van der Waals surface area contributed by atoms with Crippen LogP contribution in [-0.4, -0.2) is 29.0 Å². The van der Waals surface area contributed by atoms with Crippen molar-refractivity contribution in [3.05, 3.63) is 40.4 Å². The van der Waals surface area contributed by atoms with Crippen molar-refractivity contribution in [1.82, 2.24) is 15.3 Å². The summed E-state index contributed by atoms with van der Waals surface area (Å²) < 4.78 is 6.07. The fraction of sp³-hybridized carbons (Fsp3) is 0.286. The van der Waals surface area contributed by atoms with Gasteiger partial charge in [-0.25, -0.2) is 4.98 Å². The lowest BCUT2D eigenvalue weighted by molar-refractivity contribution is -0.118. The Morgan fingerprint density at radius 3 is 3.19 bits per heavy atom. The van der Waals surface area contributed by atoms with Gasteiger partial charge in [-0.3, -0.25) is 10.1 Å². The zero-order valence-electron chi connectivity index (χ0n) is 11.4. The highest BCUT2D eigenvalue weighted by atomic mass is 79.9. The van der Waals surface area contributed by atoms with Gasteiger partial charge in [0.15, 0.2) is 0 Å². The number of hydrogen-bond acceptors (Lipinski definition) is 4. The highest BCUT2D eigenvalue weighted by Crippen LogP contribution is 2.28. The van der Waals surface area contributed by atoms with Crippen LogP contribution >= 0.6 is 15.9 Å². The summed E-state index contributed by atoms with van der Waals surface area (Å²) >= 11 is 3.39. The van der Waals surface area contributed by atoms with E-state index in [1.165, 1.54) is 0 Å². The Hall–Kier alpha value is -1.86. The number of H-pyrrole nitrogens is 1. The van der Waals surface area contributed by atoms with E-state index in [2.05, 4.69) is 36.5 Å². The van der Waals surface area contributed by atoms with Crippen LogP contribution in [-0.2, 0) is 17.8 Å². The van der Waals surface area contributed by atoms with Crippen LogP contribution in [0.15, 0.2) is 29.0 Å². The van der Waals surface area contributed by atoms with E-state index in [-0.39, 0.29) is 11.9 Å². The molecule has 1 atom stereocenters. The van der Waals surface area contributed by atoms with Crippen LogP contribution in [0.3, 0.4) is 0 Å². The molecule has 1 aromatic heterocycles. The number of nitrogens with zero attached hydrogens (tertiary/aromatic N) is 1. The van der Waals surface area contributed by atoms with Crippen LogP contribution in [0.1, 0.15) is 11.4 Å². The molecule has 0 saturated heterocycles. The molecule has 1 unspecified atom stereocenters. The van der Waals surface area contributed by atoms with Crippen LogP contribution in [0.5, 0.6) is 5.75 Å². The summed E-state index contributed by atoms with van der Waals surface area (Å²) in [6, 6.07) is 5.17. The van der Waals surface area contributed by atoms with Crippen LogP contribution in [0.25, 0.3) is 0 Å². The largest absolute Gasteiger partial charge is 0.495 e. The highest BCUT2D eigenvalue weighted by Gasteiger charge is 2.25. The normalized spacial score (nSPS) is 17.1. The van der Waals surface area contributed by atoms with Gasteiger partial charge in [-0.05, 0) is 28.1 Å². The third kappa shape index (κ3) is 2.93. The van der Waals surface area contributed by atoms with E-state index in [0.717, 1.165) is 15.9 Å². The van der Waals surface area contributed by atoms with E-state index in [1.807, 2.05) is 12.1 Å². The van der Waals surface area contributed by atoms with Crippen molar-refractivity contribution in [2.45, 2.75) is 19.0 Å². The molecule has 1 amide bonds. The minimum absolute atomic E-state index is 0.0759. The molecule has 0 saturated carbocycles. The van der Waals surface area contributed by atoms with Crippen LogP contribution < -0.4 is 15.4 Å². The van der Waals surface area contributed by atoms with Gasteiger partial charge >= 0.3 is 0 Å². The third-order valence-electron chi connectivity index (χ3n) is 3.47. The molecule has 0 radical (unpaired) electrons. The molecule has 1 aliphatic rings. The number of rotatable bonds is 3. The van der Waals surface area contributed by atoms with E-state index in [0.29, 0.717) is 24.4 Å².